The molecule has 0 aromatic heterocycles. The van der Waals surface area contributed by atoms with Gasteiger partial charge >= 0.3 is 12.3 Å². The van der Waals surface area contributed by atoms with E-state index in [0.717, 1.165) is 6.07 Å². The SMILES string of the molecule is C/C(=N\[S+]([O-])C(C)(C)C)c1cc(NC(=O)OCc2ccccc2)cc(C(F)(F)F)c1F. The topological polar surface area (TPSA) is 73.8 Å². The molecule has 1 amide bonds. The Hall–Kier alpha value is -2.59. The first-order valence-electron chi connectivity index (χ1n) is 9.15. The van der Waals surface area contributed by atoms with Gasteiger partial charge in [-0.1, -0.05) is 34.7 Å². The van der Waals surface area contributed by atoms with Crippen LogP contribution in [-0.4, -0.2) is 21.1 Å². The van der Waals surface area contributed by atoms with E-state index in [0.29, 0.717) is 11.6 Å². The van der Waals surface area contributed by atoms with E-state index in [-0.39, 0.29) is 18.0 Å². The number of amides is 1. The molecule has 10 heteroatoms. The molecule has 168 valence electrons. The highest BCUT2D eigenvalue weighted by molar-refractivity contribution is 7.91. The van der Waals surface area contributed by atoms with Gasteiger partial charge in [0, 0.05) is 11.3 Å². The van der Waals surface area contributed by atoms with Crippen LogP contribution in [0.15, 0.2) is 46.9 Å². The molecule has 2 aromatic rings. The summed E-state index contributed by atoms with van der Waals surface area (Å²) in [5.74, 6) is -1.57. The van der Waals surface area contributed by atoms with Crippen molar-refractivity contribution in [2.75, 3.05) is 5.32 Å². The smallest absolute Gasteiger partial charge is 0.419 e. The van der Waals surface area contributed by atoms with E-state index in [2.05, 4.69) is 9.71 Å². The van der Waals surface area contributed by atoms with Gasteiger partial charge in [-0.05, 0) is 45.4 Å². The fourth-order valence-corrected chi connectivity index (χ4v) is 2.97. The Morgan fingerprint density at radius 1 is 1.16 bits per heavy atom. The number of carbonyl (C=O) groups excluding carboxylic acids is 1. The predicted molar refractivity (Wildman–Crippen MR) is 112 cm³/mol. The number of hydrogen-bond donors (Lipinski definition) is 1. The van der Waals surface area contributed by atoms with Crippen LogP contribution in [0, 0.1) is 5.82 Å². The number of rotatable bonds is 5. The third kappa shape index (κ3) is 6.96. The number of benzene rings is 2. The van der Waals surface area contributed by atoms with Crippen molar-refractivity contribution >= 4 is 28.9 Å². The monoisotopic (exact) mass is 458 g/mol. The minimum atomic E-state index is -5.02. The summed E-state index contributed by atoms with van der Waals surface area (Å²) in [6, 6.07) is 10.1. The van der Waals surface area contributed by atoms with Gasteiger partial charge in [0.15, 0.2) is 0 Å². The highest BCUT2D eigenvalue weighted by atomic mass is 32.2. The summed E-state index contributed by atoms with van der Waals surface area (Å²) < 4.78 is 74.9. The Balaban J connectivity index is 2.34. The minimum Gasteiger partial charge on any atom is -0.591 e. The zero-order chi connectivity index (χ0) is 23.4. The van der Waals surface area contributed by atoms with Crippen LogP contribution in [0.25, 0.3) is 0 Å². The molecule has 2 rings (SSSR count). The fraction of sp³-hybridized carbons (Fsp3) is 0.333. The molecule has 0 saturated carbocycles. The van der Waals surface area contributed by atoms with Crippen LogP contribution < -0.4 is 5.32 Å². The van der Waals surface area contributed by atoms with Crippen molar-refractivity contribution in [3.63, 3.8) is 0 Å². The Bertz CT molecular complexity index is 958. The normalized spacial score (nSPS) is 13.6. The van der Waals surface area contributed by atoms with Gasteiger partial charge in [0.25, 0.3) is 0 Å². The van der Waals surface area contributed by atoms with E-state index in [4.69, 9.17) is 4.74 Å². The summed E-state index contributed by atoms with van der Waals surface area (Å²) in [4.78, 5) is 12.0. The second-order valence-electron chi connectivity index (χ2n) is 7.61. The van der Waals surface area contributed by atoms with E-state index >= 15 is 0 Å². The molecule has 1 atom stereocenters. The summed E-state index contributed by atoms with van der Waals surface area (Å²) in [7, 11) is 0. The highest BCUT2D eigenvalue weighted by Crippen LogP contribution is 2.35. The maximum absolute atomic E-state index is 14.6. The van der Waals surface area contributed by atoms with Crippen LogP contribution in [0.1, 0.15) is 44.4 Å². The number of nitrogens with zero attached hydrogens (tertiary/aromatic N) is 1. The molecule has 1 N–H and O–H groups in total. The summed E-state index contributed by atoms with van der Waals surface area (Å²) >= 11 is -1.82. The van der Waals surface area contributed by atoms with E-state index in [9.17, 15) is 26.9 Å². The Morgan fingerprint density at radius 2 is 1.77 bits per heavy atom. The fourth-order valence-electron chi connectivity index (χ4n) is 2.35. The number of alkyl halides is 3. The van der Waals surface area contributed by atoms with E-state index < -0.39 is 45.3 Å². The number of nitrogens with one attached hydrogen (secondary N) is 1. The molecule has 0 heterocycles. The third-order valence-corrected chi connectivity index (χ3v) is 5.46. The molecule has 2 aromatic carbocycles. The van der Waals surface area contributed by atoms with Crippen LogP contribution in [0.3, 0.4) is 0 Å². The van der Waals surface area contributed by atoms with Gasteiger partial charge in [-0.25, -0.2) is 9.18 Å². The number of carbonyl (C=O) groups is 1. The van der Waals surface area contributed by atoms with Gasteiger partial charge in [-0.15, -0.1) is 0 Å². The van der Waals surface area contributed by atoms with Crippen molar-refractivity contribution in [2.45, 2.75) is 45.2 Å². The minimum absolute atomic E-state index is 0.0993. The van der Waals surface area contributed by atoms with E-state index in [1.807, 2.05) is 0 Å². The lowest BCUT2D eigenvalue weighted by molar-refractivity contribution is -0.139. The van der Waals surface area contributed by atoms with Crippen molar-refractivity contribution in [1.82, 2.24) is 0 Å². The number of anilines is 1. The largest absolute Gasteiger partial charge is 0.591 e. The summed E-state index contributed by atoms with van der Waals surface area (Å²) in [5, 5.41) is 2.17. The molecule has 1 unspecified atom stereocenters. The highest BCUT2D eigenvalue weighted by Gasteiger charge is 2.37. The second kappa shape index (κ2) is 9.69. The quantitative estimate of drug-likeness (QED) is 0.346. The lowest BCUT2D eigenvalue weighted by atomic mass is 10.0. The average Bonchev–Trinajstić information content (AvgIpc) is 2.66. The first kappa shape index (κ1) is 24.7. The maximum Gasteiger partial charge on any atom is 0.419 e. The van der Waals surface area contributed by atoms with Crippen molar-refractivity contribution in [3.05, 3.63) is 65.0 Å². The molecule has 0 saturated heterocycles. The number of ether oxygens (including phenoxy) is 1. The third-order valence-electron chi connectivity index (χ3n) is 3.97. The lowest BCUT2D eigenvalue weighted by Gasteiger charge is -2.19. The van der Waals surface area contributed by atoms with Crippen LogP contribution >= 0.6 is 0 Å². The van der Waals surface area contributed by atoms with E-state index in [1.165, 1.54) is 6.92 Å². The first-order valence-corrected chi connectivity index (χ1v) is 10.3. The van der Waals surface area contributed by atoms with Crippen LogP contribution in [0.2, 0.25) is 0 Å². The van der Waals surface area contributed by atoms with Crippen molar-refractivity contribution < 1.29 is 31.6 Å². The molecule has 0 aliphatic rings. The second-order valence-corrected chi connectivity index (χ2v) is 9.51. The number of hydrogen-bond acceptors (Lipinski definition) is 4. The van der Waals surface area contributed by atoms with Crippen molar-refractivity contribution in [1.29, 1.82) is 0 Å². The molecule has 5 nitrogen and oxygen atoms in total. The molecule has 31 heavy (non-hydrogen) atoms. The summed E-state index contributed by atoms with van der Waals surface area (Å²) in [5.41, 5.74) is -1.96. The number of halogens is 4. The van der Waals surface area contributed by atoms with Crippen molar-refractivity contribution in [3.8, 4) is 0 Å². The zero-order valence-electron chi connectivity index (χ0n) is 17.3. The maximum atomic E-state index is 14.6. The van der Waals surface area contributed by atoms with Gasteiger partial charge in [0.1, 0.15) is 28.5 Å². The Labute approximate surface area is 180 Å². The van der Waals surface area contributed by atoms with Crippen molar-refractivity contribution in [2.24, 2.45) is 4.40 Å². The average molecular weight is 458 g/mol. The van der Waals surface area contributed by atoms with Gasteiger partial charge in [0.05, 0.1) is 11.3 Å². The van der Waals surface area contributed by atoms with Crippen LogP contribution in [0.5, 0.6) is 0 Å². The molecule has 0 spiro atoms. The Kier molecular flexibility index (Phi) is 7.72. The zero-order valence-corrected chi connectivity index (χ0v) is 18.2. The Morgan fingerprint density at radius 3 is 2.32 bits per heavy atom. The van der Waals surface area contributed by atoms with Gasteiger partial charge < -0.3 is 9.29 Å². The molecule has 0 bridgehead atoms. The standard InChI is InChI=1S/C21H22F4N2O3S/c1-13(27-31(29)20(2,3)4)16-10-15(11-17(18(16)22)21(23,24)25)26-19(28)30-12-14-8-6-5-7-9-14/h5-11H,12H2,1-4H3,(H,26,28)/b27-13+. The lowest BCUT2D eigenvalue weighted by Crippen LogP contribution is -2.27. The molecular weight excluding hydrogens is 436 g/mol. The van der Waals surface area contributed by atoms with Gasteiger partial charge in [0.2, 0.25) is 0 Å². The molecular formula is C21H22F4N2O3S. The molecule has 0 radical (unpaired) electrons. The van der Waals surface area contributed by atoms with E-state index in [1.54, 1.807) is 51.1 Å². The molecule has 0 fully saturated rings. The molecule has 0 aliphatic heterocycles. The molecule has 0 aliphatic carbocycles. The van der Waals surface area contributed by atoms with Gasteiger partial charge in [-0.2, -0.15) is 13.2 Å². The van der Waals surface area contributed by atoms with Gasteiger partial charge in [-0.3, -0.25) is 5.32 Å². The summed E-state index contributed by atoms with van der Waals surface area (Å²) in [6.07, 6.45) is -6.03. The van der Waals surface area contributed by atoms with Crippen LogP contribution in [0.4, 0.5) is 28.0 Å². The predicted octanol–water partition coefficient (Wildman–Crippen LogP) is 5.86. The summed E-state index contributed by atoms with van der Waals surface area (Å²) in [6.45, 7) is 6.02. The van der Waals surface area contributed by atoms with Crippen LogP contribution in [-0.2, 0) is 28.9 Å². The first-order chi connectivity index (χ1) is 14.3.